The van der Waals surface area contributed by atoms with Gasteiger partial charge >= 0.3 is 10.3 Å². The van der Waals surface area contributed by atoms with Gasteiger partial charge in [0.05, 0.1) is 34.6 Å². The smallest absolute Gasteiger partial charge is 0.333 e. The van der Waals surface area contributed by atoms with Gasteiger partial charge in [0.25, 0.3) is 0 Å². The Morgan fingerprint density at radius 2 is 2.08 bits per heavy atom. The Labute approximate surface area is 222 Å². The zero-order valence-electron chi connectivity index (χ0n) is 19.6. The van der Waals surface area contributed by atoms with Crippen LogP contribution in [0.2, 0.25) is 4.34 Å². The Bertz CT molecular complexity index is 1380. The van der Waals surface area contributed by atoms with E-state index in [0.29, 0.717) is 23.3 Å². The minimum absolute atomic E-state index is 0.178. The first-order valence-corrected chi connectivity index (χ1v) is 13.8. The molecule has 0 bridgehead atoms. The van der Waals surface area contributed by atoms with Gasteiger partial charge in [-0.05, 0) is 25.0 Å². The first-order valence-electron chi connectivity index (χ1n) is 11.1. The van der Waals surface area contributed by atoms with Crippen LogP contribution in [-0.2, 0) is 14.5 Å². The van der Waals surface area contributed by atoms with Crippen molar-refractivity contribution in [2.24, 2.45) is 11.1 Å². The van der Waals surface area contributed by atoms with E-state index in [-0.39, 0.29) is 39.7 Å². The molecular formula is C23H25ClN4O7S2. The SMILES string of the molecule is COc1ccccc1C(O)c1cc(C(=O)c2cncnc2N[C@@H]2C[C@H](COS(N)(=O)=O)[C@@H](O)C2)sc1Cl. The minimum atomic E-state index is -4.12. The summed E-state index contributed by atoms with van der Waals surface area (Å²) in [5, 5.41) is 29.3. The highest BCUT2D eigenvalue weighted by atomic mass is 35.5. The van der Waals surface area contributed by atoms with E-state index in [4.69, 9.17) is 21.5 Å². The summed E-state index contributed by atoms with van der Waals surface area (Å²) in [7, 11) is -2.62. The lowest BCUT2D eigenvalue weighted by molar-refractivity contribution is 0.101. The summed E-state index contributed by atoms with van der Waals surface area (Å²) >= 11 is 7.44. The third kappa shape index (κ3) is 6.44. The van der Waals surface area contributed by atoms with Gasteiger partial charge in [-0.3, -0.25) is 8.98 Å². The van der Waals surface area contributed by atoms with Gasteiger partial charge in [0.2, 0.25) is 5.78 Å². The number of aliphatic hydroxyl groups is 2. The molecule has 14 heteroatoms. The Balaban J connectivity index is 1.52. The number of carbonyl (C=O) groups is 1. The van der Waals surface area contributed by atoms with Crippen molar-refractivity contribution in [3.05, 3.63) is 68.8 Å². The van der Waals surface area contributed by atoms with Crippen LogP contribution in [-0.4, -0.2) is 60.2 Å². The molecule has 1 aliphatic carbocycles. The van der Waals surface area contributed by atoms with Gasteiger partial charge in [0, 0.05) is 29.3 Å². The van der Waals surface area contributed by atoms with Crippen LogP contribution >= 0.6 is 22.9 Å². The van der Waals surface area contributed by atoms with Crippen LogP contribution in [0.4, 0.5) is 5.82 Å². The highest BCUT2D eigenvalue weighted by molar-refractivity contribution is 7.84. The molecule has 1 fully saturated rings. The Morgan fingerprint density at radius 3 is 2.81 bits per heavy atom. The molecule has 0 spiro atoms. The second kappa shape index (κ2) is 11.4. The van der Waals surface area contributed by atoms with Gasteiger partial charge in [0.1, 0.15) is 24.0 Å². The van der Waals surface area contributed by atoms with Gasteiger partial charge in [-0.1, -0.05) is 29.8 Å². The Morgan fingerprint density at radius 1 is 1.32 bits per heavy atom. The second-order valence-electron chi connectivity index (χ2n) is 8.52. The number of hydrogen-bond donors (Lipinski definition) is 4. The topological polar surface area (TPSA) is 174 Å². The molecule has 1 aromatic carbocycles. The fraction of sp³-hybridized carbons (Fsp3) is 0.348. The minimum Gasteiger partial charge on any atom is -0.496 e. The molecule has 0 aliphatic heterocycles. The van der Waals surface area contributed by atoms with Gasteiger partial charge in [-0.25, -0.2) is 15.1 Å². The van der Waals surface area contributed by atoms with E-state index in [1.165, 1.54) is 25.7 Å². The van der Waals surface area contributed by atoms with Crippen LogP contribution in [0.25, 0.3) is 0 Å². The maximum absolute atomic E-state index is 13.4. The van der Waals surface area contributed by atoms with E-state index in [2.05, 4.69) is 19.5 Å². The molecule has 198 valence electrons. The van der Waals surface area contributed by atoms with Crippen LogP contribution in [0.1, 0.15) is 45.3 Å². The van der Waals surface area contributed by atoms with Crippen molar-refractivity contribution in [2.45, 2.75) is 31.1 Å². The number of nitrogens with one attached hydrogen (secondary N) is 1. The van der Waals surface area contributed by atoms with Crippen LogP contribution in [0, 0.1) is 5.92 Å². The van der Waals surface area contributed by atoms with Crippen molar-refractivity contribution in [2.75, 3.05) is 19.0 Å². The third-order valence-electron chi connectivity index (χ3n) is 6.07. The highest BCUT2D eigenvalue weighted by Crippen LogP contribution is 2.39. The first-order chi connectivity index (χ1) is 17.6. The summed E-state index contributed by atoms with van der Waals surface area (Å²) in [5.74, 6) is -0.130. The molecule has 5 N–H and O–H groups in total. The molecule has 0 amide bonds. The summed E-state index contributed by atoms with van der Waals surface area (Å²) < 4.78 is 32.4. The second-order valence-corrected chi connectivity index (χ2v) is 11.4. The number of ketones is 1. The van der Waals surface area contributed by atoms with Crippen molar-refractivity contribution in [3.63, 3.8) is 0 Å². The molecule has 2 heterocycles. The van der Waals surface area contributed by atoms with Crippen molar-refractivity contribution in [3.8, 4) is 5.75 Å². The van der Waals surface area contributed by atoms with Gasteiger partial charge in [-0.15, -0.1) is 11.3 Å². The summed E-state index contributed by atoms with van der Waals surface area (Å²) in [6.07, 6.45) is 1.38. The summed E-state index contributed by atoms with van der Waals surface area (Å²) in [6.45, 7) is -0.251. The van der Waals surface area contributed by atoms with Gasteiger partial charge < -0.3 is 20.3 Å². The standard InChI is InChI=1S/C23H25ClN4O7S2/c1-34-18-5-3-2-4-14(18)20(30)15-8-19(36-22(15)24)21(31)16-9-26-11-27-23(16)28-13-6-12(17(29)7-13)10-35-37(25,32)33/h2-5,8-9,11-13,17,20,29-30H,6-7,10H2,1H3,(H2,25,32,33)(H,26,27,28)/t12-,13-,17+,20?/m1/s1. The fourth-order valence-electron chi connectivity index (χ4n) is 4.26. The maximum atomic E-state index is 13.4. The normalized spacial score (nSPS) is 20.5. The Kier molecular flexibility index (Phi) is 8.43. The number of methoxy groups -OCH3 is 1. The number of halogens is 1. The van der Waals surface area contributed by atoms with E-state index < -0.39 is 34.2 Å². The molecular weight excluding hydrogens is 544 g/mol. The lowest BCUT2D eigenvalue weighted by Gasteiger charge is -2.15. The van der Waals surface area contributed by atoms with Gasteiger partial charge in [0.15, 0.2) is 0 Å². The zero-order valence-corrected chi connectivity index (χ0v) is 22.0. The number of ether oxygens (including phenoxy) is 1. The maximum Gasteiger partial charge on any atom is 0.333 e. The van der Waals surface area contributed by atoms with Crippen molar-refractivity contribution in [1.82, 2.24) is 9.97 Å². The van der Waals surface area contributed by atoms with E-state index in [9.17, 15) is 23.4 Å². The zero-order chi connectivity index (χ0) is 26.7. The molecule has 37 heavy (non-hydrogen) atoms. The highest BCUT2D eigenvalue weighted by Gasteiger charge is 2.35. The van der Waals surface area contributed by atoms with Crippen LogP contribution in [0.5, 0.6) is 5.75 Å². The number of benzene rings is 1. The largest absolute Gasteiger partial charge is 0.496 e. The monoisotopic (exact) mass is 568 g/mol. The number of aliphatic hydroxyl groups excluding tert-OH is 2. The quantitative estimate of drug-likeness (QED) is 0.266. The molecule has 0 saturated heterocycles. The number of aromatic nitrogens is 2. The molecule has 1 unspecified atom stereocenters. The van der Waals surface area contributed by atoms with Crippen LogP contribution in [0.3, 0.4) is 0 Å². The molecule has 4 rings (SSSR count). The lowest BCUT2D eigenvalue weighted by Crippen LogP contribution is -2.24. The number of thiophene rings is 1. The summed E-state index contributed by atoms with van der Waals surface area (Å²) in [6, 6.07) is 8.20. The van der Waals surface area contributed by atoms with E-state index in [1.54, 1.807) is 24.3 Å². The lowest BCUT2D eigenvalue weighted by atomic mass is 10.0. The average molecular weight is 569 g/mol. The molecule has 4 atom stereocenters. The number of hydrogen-bond acceptors (Lipinski definition) is 11. The molecule has 11 nitrogen and oxygen atoms in total. The van der Waals surface area contributed by atoms with E-state index >= 15 is 0 Å². The van der Waals surface area contributed by atoms with Crippen molar-refractivity contribution >= 4 is 44.8 Å². The third-order valence-corrected chi connectivity index (χ3v) is 7.92. The molecule has 1 aliphatic rings. The summed E-state index contributed by atoms with van der Waals surface area (Å²) in [5.41, 5.74) is 1.05. The number of rotatable bonds is 10. The molecule has 3 aromatic rings. The molecule has 2 aromatic heterocycles. The van der Waals surface area contributed by atoms with Gasteiger partial charge in [-0.2, -0.15) is 8.42 Å². The van der Waals surface area contributed by atoms with Crippen LogP contribution in [0.15, 0.2) is 42.9 Å². The molecule has 1 saturated carbocycles. The van der Waals surface area contributed by atoms with E-state index in [0.717, 1.165) is 11.3 Å². The number of para-hydroxylation sites is 1. The van der Waals surface area contributed by atoms with E-state index in [1.807, 2.05) is 0 Å². The molecule has 0 radical (unpaired) electrons. The number of nitrogens with two attached hydrogens (primary N) is 1. The number of anilines is 1. The Hall–Kier alpha value is -2.65. The predicted octanol–water partition coefficient (Wildman–Crippen LogP) is 2.28. The fourth-order valence-corrected chi connectivity index (χ4v) is 5.90. The van der Waals surface area contributed by atoms with Crippen molar-refractivity contribution in [1.29, 1.82) is 0 Å². The summed E-state index contributed by atoms with van der Waals surface area (Å²) in [4.78, 5) is 21.8. The first kappa shape index (κ1) is 27.4. The van der Waals surface area contributed by atoms with Crippen molar-refractivity contribution < 1.29 is 32.3 Å². The number of carbonyl (C=O) groups excluding carboxylic acids is 1. The average Bonchev–Trinajstić information content (AvgIpc) is 3.43. The number of nitrogens with zero attached hydrogens (tertiary/aromatic N) is 2. The predicted molar refractivity (Wildman–Crippen MR) is 137 cm³/mol. The van der Waals surface area contributed by atoms with Crippen LogP contribution < -0.4 is 15.2 Å².